The molecule has 1 saturated carbocycles. The zero-order valence-electron chi connectivity index (χ0n) is 12.2. The van der Waals surface area contributed by atoms with E-state index in [1.165, 1.54) is 0 Å². The van der Waals surface area contributed by atoms with Crippen LogP contribution in [-0.4, -0.2) is 24.5 Å². The van der Waals surface area contributed by atoms with Crippen molar-refractivity contribution in [3.05, 3.63) is 33.8 Å². The number of benzene rings is 1. The molecule has 0 aromatic heterocycles. The fraction of sp³-hybridized carbons (Fsp3) is 0.500. The number of hydrogen-bond acceptors (Lipinski definition) is 3. The second-order valence-corrected chi connectivity index (χ2v) is 6.73. The molecule has 1 N–H and O–H groups in total. The van der Waals surface area contributed by atoms with Gasteiger partial charge in [-0.15, -0.1) is 0 Å². The number of ether oxygens (including phenoxy) is 1. The summed E-state index contributed by atoms with van der Waals surface area (Å²) >= 11 is 12.1. The van der Waals surface area contributed by atoms with Crippen molar-refractivity contribution < 1.29 is 14.3 Å². The van der Waals surface area contributed by atoms with Crippen LogP contribution in [0.25, 0.3) is 0 Å². The summed E-state index contributed by atoms with van der Waals surface area (Å²) in [5, 5.41) is 3.82. The predicted molar refractivity (Wildman–Crippen MR) is 84.0 cm³/mol. The first-order valence-corrected chi connectivity index (χ1v) is 8.16. The van der Waals surface area contributed by atoms with E-state index < -0.39 is 17.3 Å². The highest BCUT2D eigenvalue weighted by Crippen LogP contribution is 2.50. The molecule has 1 saturated heterocycles. The first kappa shape index (κ1) is 15.6. The molecule has 1 amide bonds. The SMILES string of the molecule is CCOC(=O)[C@@H]1C(=O)N[C@@H]2CC[C@@]1(c1ccc(Cl)c(Cl)c1)C2. The summed E-state index contributed by atoms with van der Waals surface area (Å²) in [5.41, 5.74) is 0.338. The third-order valence-corrected chi connectivity index (χ3v) is 5.47. The Morgan fingerprint density at radius 2 is 2.18 bits per heavy atom. The molecule has 1 aromatic rings. The maximum atomic E-state index is 12.4. The van der Waals surface area contributed by atoms with Crippen LogP contribution >= 0.6 is 23.2 Å². The molecular weight excluding hydrogens is 325 g/mol. The Bertz CT molecular complexity index is 634. The Morgan fingerprint density at radius 3 is 2.86 bits per heavy atom. The second kappa shape index (κ2) is 5.74. The van der Waals surface area contributed by atoms with Gasteiger partial charge in [0.15, 0.2) is 0 Å². The quantitative estimate of drug-likeness (QED) is 0.678. The van der Waals surface area contributed by atoms with E-state index >= 15 is 0 Å². The van der Waals surface area contributed by atoms with E-state index in [4.69, 9.17) is 27.9 Å². The van der Waals surface area contributed by atoms with Gasteiger partial charge < -0.3 is 10.1 Å². The molecule has 2 fully saturated rings. The fourth-order valence-electron chi connectivity index (χ4n) is 3.79. The molecule has 0 unspecified atom stereocenters. The lowest BCUT2D eigenvalue weighted by atomic mass is 9.67. The molecule has 1 aromatic carbocycles. The molecule has 118 valence electrons. The lowest BCUT2D eigenvalue weighted by Crippen LogP contribution is -2.54. The number of fused-ring (bicyclic) bond motifs is 2. The van der Waals surface area contributed by atoms with E-state index in [9.17, 15) is 9.59 Å². The van der Waals surface area contributed by atoms with E-state index in [0.29, 0.717) is 10.0 Å². The Hall–Kier alpha value is -1.26. The van der Waals surface area contributed by atoms with Gasteiger partial charge >= 0.3 is 5.97 Å². The van der Waals surface area contributed by atoms with Gasteiger partial charge in [0, 0.05) is 11.5 Å². The third kappa shape index (κ3) is 2.38. The van der Waals surface area contributed by atoms with Crippen LogP contribution in [0.2, 0.25) is 10.0 Å². The summed E-state index contributed by atoms with van der Waals surface area (Å²) in [4.78, 5) is 24.8. The topological polar surface area (TPSA) is 55.4 Å². The van der Waals surface area contributed by atoms with Crippen LogP contribution in [-0.2, 0) is 19.7 Å². The number of nitrogens with one attached hydrogen (secondary N) is 1. The molecule has 0 spiro atoms. The standard InChI is InChI=1S/C16H17Cl2NO3/c1-2-22-15(21)13-14(20)19-10-5-6-16(13,8-10)9-3-4-11(17)12(18)7-9/h3-4,7,10,13H,2,5-6,8H2,1H3,(H,19,20)/t10-,13+,16+/m1/s1. The van der Waals surface area contributed by atoms with Crippen LogP contribution in [0.15, 0.2) is 18.2 Å². The summed E-state index contributed by atoms with van der Waals surface area (Å²) in [5.74, 6) is -1.55. The molecule has 3 rings (SSSR count). The highest BCUT2D eigenvalue weighted by molar-refractivity contribution is 6.42. The van der Waals surface area contributed by atoms with Crippen LogP contribution < -0.4 is 5.32 Å². The summed E-state index contributed by atoms with van der Waals surface area (Å²) < 4.78 is 5.14. The number of esters is 1. The average molecular weight is 342 g/mol. The van der Waals surface area contributed by atoms with E-state index in [0.717, 1.165) is 24.8 Å². The van der Waals surface area contributed by atoms with Crippen molar-refractivity contribution in [2.45, 2.75) is 37.6 Å². The van der Waals surface area contributed by atoms with E-state index in [1.807, 2.05) is 6.07 Å². The second-order valence-electron chi connectivity index (χ2n) is 5.92. The molecule has 2 bridgehead atoms. The highest BCUT2D eigenvalue weighted by Gasteiger charge is 2.57. The third-order valence-electron chi connectivity index (χ3n) is 4.73. The Labute approximate surface area is 139 Å². The summed E-state index contributed by atoms with van der Waals surface area (Å²) in [6.45, 7) is 1.99. The number of rotatable bonds is 3. The minimum atomic E-state index is -0.830. The average Bonchev–Trinajstić information content (AvgIpc) is 2.81. The maximum absolute atomic E-state index is 12.4. The summed E-state index contributed by atoms with van der Waals surface area (Å²) in [7, 11) is 0. The lowest BCUT2D eigenvalue weighted by Gasteiger charge is -2.39. The number of carbonyl (C=O) groups excluding carboxylic acids is 2. The first-order valence-electron chi connectivity index (χ1n) is 7.40. The first-order chi connectivity index (χ1) is 10.5. The molecule has 6 heteroatoms. The normalized spacial score (nSPS) is 30.0. The monoisotopic (exact) mass is 341 g/mol. The highest BCUT2D eigenvalue weighted by atomic mass is 35.5. The van der Waals surface area contributed by atoms with Crippen molar-refractivity contribution in [2.24, 2.45) is 5.92 Å². The van der Waals surface area contributed by atoms with Crippen LogP contribution in [0.5, 0.6) is 0 Å². The zero-order valence-corrected chi connectivity index (χ0v) is 13.7. The molecule has 3 atom stereocenters. The number of halogens is 2. The number of carbonyl (C=O) groups is 2. The van der Waals surface area contributed by atoms with Crippen molar-refractivity contribution in [1.29, 1.82) is 0 Å². The van der Waals surface area contributed by atoms with Crippen molar-refractivity contribution >= 4 is 35.1 Å². The van der Waals surface area contributed by atoms with Crippen LogP contribution in [0.3, 0.4) is 0 Å². The zero-order chi connectivity index (χ0) is 15.9. The largest absolute Gasteiger partial charge is 0.465 e. The van der Waals surface area contributed by atoms with E-state index in [-0.39, 0.29) is 18.6 Å². The van der Waals surface area contributed by atoms with Gasteiger partial charge in [-0.2, -0.15) is 0 Å². The van der Waals surface area contributed by atoms with Gasteiger partial charge in [-0.3, -0.25) is 9.59 Å². The van der Waals surface area contributed by atoms with Crippen LogP contribution in [0.1, 0.15) is 31.7 Å². The van der Waals surface area contributed by atoms with Crippen molar-refractivity contribution in [1.82, 2.24) is 5.32 Å². The molecular formula is C16H17Cl2NO3. The van der Waals surface area contributed by atoms with E-state index in [2.05, 4.69) is 5.32 Å². The van der Waals surface area contributed by atoms with Crippen molar-refractivity contribution in [2.75, 3.05) is 6.61 Å². The smallest absolute Gasteiger partial charge is 0.319 e. The van der Waals surface area contributed by atoms with Crippen molar-refractivity contribution in [3.8, 4) is 0 Å². The maximum Gasteiger partial charge on any atom is 0.319 e. The Morgan fingerprint density at radius 1 is 1.41 bits per heavy atom. The molecule has 22 heavy (non-hydrogen) atoms. The predicted octanol–water partition coefficient (Wildman–Crippen LogP) is 3.09. The number of piperidine rings is 1. The summed E-state index contributed by atoms with van der Waals surface area (Å²) in [6.07, 6.45) is 2.32. The minimum absolute atomic E-state index is 0.104. The molecule has 4 nitrogen and oxygen atoms in total. The van der Waals surface area contributed by atoms with Gasteiger partial charge in [-0.25, -0.2) is 0 Å². The van der Waals surface area contributed by atoms with Crippen molar-refractivity contribution in [3.63, 3.8) is 0 Å². The molecule has 1 aliphatic heterocycles. The Kier molecular flexibility index (Phi) is 4.08. The molecule has 1 aliphatic carbocycles. The molecule has 2 aliphatic rings. The Balaban J connectivity index is 2.07. The van der Waals surface area contributed by atoms with Crippen LogP contribution in [0.4, 0.5) is 0 Å². The fourth-order valence-corrected chi connectivity index (χ4v) is 4.09. The number of amides is 1. The van der Waals surface area contributed by atoms with Gasteiger partial charge in [0.2, 0.25) is 5.91 Å². The minimum Gasteiger partial charge on any atom is -0.465 e. The van der Waals surface area contributed by atoms with Gasteiger partial charge in [-0.1, -0.05) is 29.3 Å². The van der Waals surface area contributed by atoms with E-state index in [1.54, 1.807) is 19.1 Å². The number of hydrogen-bond donors (Lipinski definition) is 1. The van der Waals surface area contributed by atoms with Gasteiger partial charge in [0.05, 0.1) is 16.7 Å². The van der Waals surface area contributed by atoms with Gasteiger partial charge in [0.25, 0.3) is 0 Å². The molecule has 1 heterocycles. The van der Waals surface area contributed by atoms with Gasteiger partial charge in [0.1, 0.15) is 5.92 Å². The van der Waals surface area contributed by atoms with Gasteiger partial charge in [-0.05, 0) is 43.9 Å². The lowest BCUT2D eigenvalue weighted by molar-refractivity contribution is -0.156. The summed E-state index contributed by atoms with van der Waals surface area (Å²) in [6, 6.07) is 5.46. The molecule has 0 radical (unpaired) electrons. The van der Waals surface area contributed by atoms with Crippen LogP contribution in [0, 0.1) is 5.92 Å².